The van der Waals surface area contributed by atoms with Crippen molar-refractivity contribution in [1.29, 1.82) is 0 Å². The predicted molar refractivity (Wildman–Crippen MR) is 157 cm³/mol. The van der Waals surface area contributed by atoms with Gasteiger partial charge in [-0.3, -0.25) is 9.59 Å². The molecule has 0 aliphatic carbocycles. The number of aromatic amines is 1. The quantitative estimate of drug-likeness (QED) is 0.254. The van der Waals surface area contributed by atoms with Gasteiger partial charge in [0.15, 0.2) is 9.84 Å². The van der Waals surface area contributed by atoms with Gasteiger partial charge in [0.2, 0.25) is 0 Å². The average Bonchev–Trinajstić information content (AvgIpc) is 3.57. The summed E-state index contributed by atoms with van der Waals surface area (Å²) < 4.78 is 25.7. The Labute approximate surface area is 245 Å². The minimum atomic E-state index is -3.49. The Kier molecular flexibility index (Phi) is 6.78. The van der Waals surface area contributed by atoms with E-state index in [-0.39, 0.29) is 41.0 Å². The number of H-pyrrole nitrogens is 1. The Balaban J connectivity index is 1.26. The summed E-state index contributed by atoms with van der Waals surface area (Å²) in [5, 5.41) is 14.0. The summed E-state index contributed by atoms with van der Waals surface area (Å²) in [6, 6.07) is 17.4. The number of nitrogens with zero attached hydrogens (tertiary/aromatic N) is 2. The van der Waals surface area contributed by atoms with E-state index in [1.165, 1.54) is 18.2 Å². The third-order valence-electron chi connectivity index (χ3n) is 7.41. The van der Waals surface area contributed by atoms with Gasteiger partial charge in [0.25, 0.3) is 11.8 Å². The number of hydrogen-bond donors (Lipinski definition) is 3. The first-order valence-electron chi connectivity index (χ1n) is 13.0. The van der Waals surface area contributed by atoms with Gasteiger partial charge in [-0.05, 0) is 47.5 Å². The highest BCUT2D eigenvalue weighted by Gasteiger charge is 2.29. The van der Waals surface area contributed by atoms with E-state index in [4.69, 9.17) is 11.6 Å². The van der Waals surface area contributed by atoms with Gasteiger partial charge in [-0.1, -0.05) is 41.9 Å². The van der Waals surface area contributed by atoms with Crippen molar-refractivity contribution in [3.8, 4) is 0 Å². The molecule has 3 N–H and O–H groups in total. The number of rotatable bonds is 7. The predicted octanol–water partition coefficient (Wildman–Crippen LogP) is 4.22. The van der Waals surface area contributed by atoms with Gasteiger partial charge in [-0.15, -0.1) is 0 Å². The van der Waals surface area contributed by atoms with Crippen LogP contribution in [0.3, 0.4) is 0 Å². The van der Waals surface area contributed by atoms with Gasteiger partial charge >= 0.3 is 5.97 Å². The molecule has 5 aromatic rings. The number of fused-ring (bicyclic) bond motifs is 1. The summed E-state index contributed by atoms with van der Waals surface area (Å²) in [7, 11) is -3.49. The summed E-state index contributed by atoms with van der Waals surface area (Å²) in [6.07, 6.45) is 2.70. The lowest BCUT2D eigenvalue weighted by Gasteiger charge is -2.29. The third kappa shape index (κ3) is 5.01. The molecule has 0 saturated heterocycles. The van der Waals surface area contributed by atoms with Gasteiger partial charge in [-0.2, -0.15) is 0 Å². The number of benzene rings is 3. The molecule has 2 aromatic heterocycles. The zero-order valence-corrected chi connectivity index (χ0v) is 23.9. The van der Waals surface area contributed by atoms with E-state index in [0.717, 1.165) is 28.2 Å². The molecule has 0 bridgehead atoms. The number of carbonyl (C=O) groups excluding carboxylic acids is 2. The van der Waals surface area contributed by atoms with Crippen LogP contribution in [0.1, 0.15) is 32.0 Å². The van der Waals surface area contributed by atoms with Crippen LogP contribution in [0.25, 0.3) is 21.8 Å². The van der Waals surface area contributed by atoms with Crippen LogP contribution in [0, 0.1) is 0 Å². The minimum absolute atomic E-state index is 0.0590. The van der Waals surface area contributed by atoms with Crippen molar-refractivity contribution in [2.75, 3.05) is 6.26 Å². The number of aliphatic carboxylic acids is 1. The Hall–Kier alpha value is -4.61. The second-order valence-electron chi connectivity index (χ2n) is 10.3. The van der Waals surface area contributed by atoms with E-state index < -0.39 is 27.8 Å². The van der Waals surface area contributed by atoms with Gasteiger partial charge in [0.05, 0.1) is 27.7 Å². The molecule has 0 spiro atoms. The number of carboxylic acids is 1. The normalized spacial score (nSPS) is 13.8. The highest BCUT2D eigenvalue weighted by Crippen LogP contribution is 2.34. The van der Waals surface area contributed by atoms with Crippen LogP contribution in [0.5, 0.6) is 0 Å². The maximum Gasteiger partial charge on any atom is 0.326 e. The summed E-state index contributed by atoms with van der Waals surface area (Å²) >= 11 is 6.61. The number of aromatic nitrogens is 2. The standard InChI is InChI=1S/C30H25ClN4O6S/c1-42(40,41)20-7-4-5-17(11-20)12-25(30(38)39)33-28(36)26-21-9-10-34-16-35(15-19(27(21)34)13-22(26)31)29(37)24-14-18-6-2-3-8-23(18)32-24/h2-11,13-14,25,32H,12,15-16H2,1H3,(H,33,36)(H,38,39)/t25-/m0/s1. The van der Waals surface area contributed by atoms with Crippen molar-refractivity contribution in [2.24, 2.45) is 0 Å². The molecule has 42 heavy (non-hydrogen) atoms. The van der Waals surface area contributed by atoms with Crippen molar-refractivity contribution in [3.63, 3.8) is 0 Å². The highest BCUT2D eigenvalue weighted by atomic mass is 35.5. The summed E-state index contributed by atoms with van der Waals surface area (Å²) in [6.45, 7) is 0.520. The van der Waals surface area contributed by atoms with Crippen molar-refractivity contribution in [1.82, 2.24) is 19.8 Å². The van der Waals surface area contributed by atoms with E-state index in [0.29, 0.717) is 16.6 Å². The molecule has 0 fully saturated rings. The number of carboxylic acid groups (broad SMARTS) is 1. The fourth-order valence-electron chi connectivity index (χ4n) is 5.43. The van der Waals surface area contributed by atoms with Crippen molar-refractivity contribution < 1.29 is 27.9 Å². The van der Waals surface area contributed by atoms with Crippen molar-refractivity contribution in [2.45, 2.75) is 30.6 Å². The second kappa shape index (κ2) is 10.3. The van der Waals surface area contributed by atoms with Gasteiger partial charge < -0.3 is 24.9 Å². The first-order chi connectivity index (χ1) is 20.0. The number of hydrogen-bond acceptors (Lipinski definition) is 5. The van der Waals surface area contributed by atoms with E-state index in [1.807, 2.05) is 34.9 Å². The van der Waals surface area contributed by atoms with E-state index in [2.05, 4.69) is 10.3 Å². The van der Waals surface area contributed by atoms with E-state index in [1.54, 1.807) is 29.3 Å². The number of para-hydroxylation sites is 1. The molecular formula is C30H25ClN4O6S. The molecule has 1 aliphatic heterocycles. The molecule has 6 rings (SSSR count). The monoisotopic (exact) mass is 604 g/mol. The lowest BCUT2D eigenvalue weighted by Crippen LogP contribution is -2.42. The van der Waals surface area contributed by atoms with E-state index in [9.17, 15) is 27.9 Å². The lowest BCUT2D eigenvalue weighted by molar-refractivity contribution is -0.139. The fourth-order valence-corrected chi connectivity index (χ4v) is 6.44. The Morgan fingerprint density at radius 3 is 2.60 bits per heavy atom. The summed E-state index contributed by atoms with van der Waals surface area (Å²) in [4.78, 5) is 43.8. The lowest BCUT2D eigenvalue weighted by atomic mass is 10.0. The van der Waals surface area contributed by atoms with Crippen LogP contribution in [0.2, 0.25) is 5.02 Å². The zero-order chi connectivity index (χ0) is 29.8. The molecule has 3 heterocycles. The van der Waals surface area contributed by atoms with E-state index >= 15 is 0 Å². The van der Waals surface area contributed by atoms with Crippen LogP contribution >= 0.6 is 11.6 Å². The first-order valence-corrected chi connectivity index (χ1v) is 15.3. The Morgan fingerprint density at radius 2 is 1.86 bits per heavy atom. The van der Waals surface area contributed by atoms with Crippen LogP contribution in [0.15, 0.2) is 77.8 Å². The molecule has 0 saturated carbocycles. The van der Waals surface area contributed by atoms with Crippen LogP contribution < -0.4 is 5.32 Å². The van der Waals surface area contributed by atoms with Crippen LogP contribution in [-0.4, -0.2) is 58.1 Å². The summed E-state index contributed by atoms with van der Waals surface area (Å²) in [5.74, 6) is -2.13. The Bertz CT molecular complexity index is 2000. The fraction of sp³-hybridized carbons (Fsp3) is 0.167. The van der Waals surface area contributed by atoms with Crippen LogP contribution in [-0.2, 0) is 34.3 Å². The molecule has 12 heteroatoms. The molecule has 10 nitrogen and oxygen atoms in total. The number of nitrogens with one attached hydrogen (secondary N) is 2. The highest BCUT2D eigenvalue weighted by molar-refractivity contribution is 7.90. The van der Waals surface area contributed by atoms with Crippen molar-refractivity contribution in [3.05, 3.63) is 100 Å². The molecule has 1 atom stereocenters. The average molecular weight is 605 g/mol. The number of carbonyl (C=O) groups is 3. The van der Waals surface area contributed by atoms with Gasteiger partial charge in [0.1, 0.15) is 11.7 Å². The van der Waals surface area contributed by atoms with Gasteiger partial charge in [-0.25, -0.2) is 13.2 Å². The molecule has 2 amide bonds. The zero-order valence-electron chi connectivity index (χ0n) is 22.3. The molecule has 214 valence electrons. The third-order valence-corrected chi connectivity index (χ3v) is 8.81. The largest absolute Gasteiger partial charge is 0.480 e. The topological polar surface area (TPSA) is 142 Å². The molecule has 1 aliphatic rings. The second-order valence-corrected chi connectivity index (χ2v) is 12.8. The summed E-state index contributed by atoms with van der Waals surface area (Å²) in [5.41, 5.74) is 3.38. The SMILES string of the molecule is CS(=O)(=O)c1cccc(C[C@H](NC(=O)c2c(Cl)cc3c4c2ccn4CN(C(=O)c2cc4ccccc4[nH]2)C3)C(=O)O)c1. The minimum Gasteiger partial charge on any atom is -0.480 e. The molecular weight excluding hydrogens is 580 g/mol. The number of amides is 2. The molecule has 0 radical (unpaired) electrons. The number of halogens is 1. The maximum absolute atomic E-state index is 13.4. The Morgan fingerprint density at radius 1 is 1.07 bits per heavy atom. The van der Waals surface area contributed by atoms with Crippen LogP contribution in [0.4, 0.5) is 0 Å². The smallest absolute Gasteiger partial charge is 0.326 e. The molecule has 0 unspecified atom stereocenters. The number of sulfone groups is 1. The molecule has 3 aromatic carbocycles. The maximum atomic E-state index is 13.4. The first kappa shape index (κ1) is 27.6. The van der Waals surface area contributed by atoms with Crippen molar-refractivity contribution >= 4 is 61.0 Å². The van der Waals surface area contributed by atoms with Gasteiger partial charge in [0, 0.05) is 41.7 Å².